The molecule has 5 N–H and O–H groups in total. The number of aromatic nitrogens is 5. The minimum Gasteiger partial charge on any atom is -0.394 e. The molecule has 0 spiro atoms. The fourth-order valence-corrected chi connectivity index (χ4v) is 2.00. The van der Waals surface area contributed by atoms with Crippen molar-refractivity contribution in [2.75, 3.05) is 12.3 Å². The number of hydrogen-bond donors (Lipinski definition) is 4. The van der Waals surface area contributed by atoms with Gasteiger partial charge in [-0.3, -0.25) is 0 Å². The van der Waals surface area contributed by atoms with Crippen LogP contribution in [0.3, 0.4) is 0 Å². The summed E-state index contributed by atoms with van der Waals surface area (Å²) in [6.07, 6.45) is -3.00. The average Bonchev–Trinajstić information content (AvgIpc) is 3.00. The number of anilines is 1. The van der Waals surface area contributed by atoms with E-state index in [1.807, 2.05) is 0 Å². The Balaban J connectivity index is 2.02. The molecular formula is C8H12N6O4. The monoisotopic (exact) mass is 256 g/mol. The van der Waals surface area contributed by atoms with Crippen LogP contribution < -0.4 is 5.73 Å². The van der Waals surface area contributed by atoms with E-state index in [0.29, 0.717) is 0 Å². The number of nitrogens with zero attached hydrogens (tertiary/aromatic N) is 5. The van der Waals surface area contributed by atoms with Crippen LogP contribution >= 0.6 is 0 Å². The van der Waals surface area contributed by atoms with Gasteiger partial charge in [0.2, 0.25) is 5.95 Å². The molecule has 18 heavy (non-hydrogen) atoms. The second-order valence-corrected chi connectivity index (χ2v) is 4.00. The number of aliphatic hydroxyl groups excluding tert-OH is 3. The van der Waals surface area contributed by atoms with Crippen molar-refractivity contribution in [1.82, 2.24) is 24.4 Å². The Morgan fingerprint density at radius 1 is 1.39 bits per heavy atom. The van der Waals surface area contributed by atoms with Crippen molar-refractivity contribution in [3.8, 4) is 0 Å². The van der Waals surface area contributed by atoms with Crippen LogP contribution in [0.4, 0.5) is 5.95 Å². The lowest BCUT2D eigenvalue weighted by Gasteiger charge is -2.14. The van der Waals surface area contributed by atoms with E-state index in [1.54, 1.807) is 0 Å². The molecule has 1 aliphatic heterocycles. The third kappa shape index (κ3) is 1.40. The zero-order valence-corrected chi connectivity index (χ0v) is 9.16. The topological polar surface area (TPSA) is 144 Å². The molecule has 98 valence electrons. The maximum atomic E-state index is 9.87. The maximum Gasteiger partial charge on any atom is 0.254 e. The van der Waals surface area contributed by atoms with Crippen LogP contribution in [0.5, 0.6) is 0 Å². The van der Waals surface area contributed by atoms with Crippen molar-refractivity contribution in [2.45, 2.75) is 24.5 Å². The normalized spacial score (nSPS) is 32.4. The summed E-state index contributed by atoms with van der Waals surface area (Å²) in [6, 6.07) is 0. The molecule has 3 heterocycles. The molecule has 0 amide bonds. The summed E-state index contributed by atoms with van der Waals surface area (Å²) in [5, 5.41) is 36.3. The Labute approximate surface area is 100 Å². The Kier molecular flexibility index (Phi) is 2.45. The lowest BCUT2D eigenvalue weighted by Crippen LogP contribution is -2.33. The lowest BCUT2D eigenvalue weighted by molar-refractivity contribution is -0.0566. The first-order valence-electron chi connectivity index (χ1n) is 5.29. The summed E-state index contributed by atoms with van der Waals surface area (Å²) in [5.41, 5.74) is 5.62. The number of aliphatic hydroxyl groups is 3. The summed E-state index contributed by atoms with van der Waals surface area (Å²) in [5.74, 6) is 0.363. The molecule has 0 saturated carbocycles. The SMILES string of the molecule is Nc1nn([C@@H]2O[C@H](CO)[C@@H](O)[C@H]2O)c2ncnn12. The van der Waals surface area contributed by atoms with Gasteiger partial charge in [0.1, 0.15) is 24.6 Å². The predicted octanol–water partition coefficient (Wildman–Crippen LogP) is -2.88. The number of fused-ring (bicyclic) bond motifs is 1. The van der Waals surface area contributed by atoms with E-state index in [2.05, 4.69) is 15.2 Å². The molecule has 10 nitrogen and oxygen atoms in total. The number of nitrogen functional groups attached to an aromatic ring is 1. The minimum absolute atomic E-state index is 0.0836. The molecule has 0 aromatic carbocycles. The molecule has 1 aliphatic rings. The molecule has 1 fully saturated rings. The van der Waals surface area contributed by atoms with Gasteiger partial charge in [0.05, 0.1) is 6.61 Å². The first kappa shape index (κ1) is 11.3. The molecule has 0 bridgehead atoms. The number of ether oxygens (including phenoxy) is 1. The smallest absolute Gasteiger partial charge is 0.254 e. The fraction of sp³-hybridized carbons (Fsp3) is 0.625. The predicted molar refractivity (Wildman–Crippen MR) is 56.2 cm³/mol. The van der Waals surface area contributed by atoms with Crippen molar-refractivity contribution in [1.29, 1.82) is 0 Å². The third-order valence-electron chi connectivity index (χ3n) is 2.92. The second-order valence-electron chi connectivity index (χ2n) is 4.00. The van der Waals surface area contributed by atoms with Gasteiger partial charge >= 0.3 is 0 Å². The van der Waals surface area contributed by atoms with Gasteiger partial charge in [0, 0.05) is 0 Å². The molecule has 2 aromatic heterocycles. The Bertz CT molecular complexity index is 567. The second kappa shape index (κ2) is 3.88. The van der Waals surface area contributed by atoms with Crippen LogP contribution in [0.25, 0.3) is 5.78 Å². The summed E-state index contributed by atoms with van der Waals surface area (Å²) < 4.78 is 7.83. The van der Waals surface area contributed by atoms with Gasteiger partial charge in [-0.2, -0.15) is 19.3 Å². The van der Waals surface area contributed by atoms with Gasteiger partial charge in [0.15, 0.2) is 6.23 Å². The van der Waals surface area contributed by atoms with Crippen molar-refractivity contribution in [2.24, 2.45) is 0 Å². The van der Waals surface area contributed by atoms with Gasteiger partial charge in [-0.25, -0.2) is 0 Å². The summed E-state index contributed by atoms with van der Waals surface area (Å²) in [7, 11) is 0. The highest BCUT2D eigenvalue weighted by atomic mass is 16.6. The van der Waals surface area contributed by atoms with Gasteiger partial charge in [0.25, 0.3) is 5.78 Å². The largest absolute Gasteiger partial charge is 0.394 e. The van der Waals surface area contributed by atoms with E-state index >= 15 is 0 Å². The lowest BCUT2D eigenvalue weighted by atomic mass is 10.1. The Morgan fingerprint density at radius 2 is 2.17 bits per heavy atom. The number of hydrogen-bond acceptors (Lipinski definition) is 8. The quantitative estimate of drug-likeness (QED) is 0.448. The van der Waals surface area contributed by atoms with E-state index in [-0.39, 0.29) is 11.7 Å². The van der Waals surface area contributed by atoms with Gasteiger partial charge < -0.3 is 25.8 Å². The van der Waals surface area contributed by atoms with Crippen molar-refractivity contribution in [3.63, 3.8) is 0 Å². The summed E-state index contributed by atoms with van der Waals surface area (Å²) in [6.45, 7) is -0.408. The Hall–Kier alpha value is -1.75. The van der Waals surface area contributed by atoms with E-state index < -0.39 is 31.1 Å². The fourth-order valence-electron chi connectivity index (χ4n) is 2.00. The van der Waals surface area contributed by atoms with Crippen molar-refractivity contribution >= 4 is 11.7 Å². The first-order chi connectivity index (χ1) is 8.63. The van der Waals surface area contributed by atoms with E-state index in [4.69, 9.17) is 15.6 Å². The molecule has 10 heteroatoms. The molecule has 0 unspecified atom stereocenters. The highest BCUT2D eigenvalue weighted by molar-refractivity contribution is 5.35. The third-order valence-corrected chi connectivity index (χ3v) is 2.92. The van der Waals surface area contributed by atoms with Crippen LogP contribution in [-0.2, 0) is 4.74 Å². The van der Waals surface area contributed by atoms with Crippen LogP contribution in [-0.4, -0.2) is 64.6 Å². The zero-order chi connectivity index (χ0) is 12.9. The standard InChI is InChI=1S/C8H12N6O4/c9-7-12-13(8-10-2-11-14(7)8)6-5(17)4(16)3(1-15)18-6/h2-6,15-17H,1H2,(H2,9,12)/t3-,4-,5-,6-/m1/s1. The Morgan fingerprint density at radius 3 is 2.83 bits per heavy atom. The highest BCUT2D eigenvalue weighted by Crippen LogP contribution is 2.30. The molecule has 0 aliphatic carbocycles. The maximum absolute atomic E-state index is 9.87. The van der Waals surface area contributed by atoms with Crippen LogP contribution in [0.1, 0.15) is 6.23 Å². The van der Waals surface area contributed by atoms with Gasteiger partial charge in [-0.15, -0.1) is 5.10 Å². The van der Waals surface area contributed by atoms with E-state index in [9.17, 15) is 10.2 Å². The molecular weight excluding hydrogens is 244 g/mol. The van der Waals surface area contributed by atoms with Crippen LogP contribution in [0.2, 0.25) is 0 Å². The average molecular weight is 256 g/mol. The number of rotatable bonds is 2. The molecule has 2 aromatic rings. The summed E-state index contributed by atoms with van der Waals surface area (Å²) >= 11 is 0. The van der Waals surface area contributed by atoms with E-state index in [0.717, 1.165) is 0 Å². The first-order valence-corrected chi connectivity index (χ1v) is 5.29. The van der Waals surface area contributed by atoms with Gasteiger partial charge in [-0.05, 0) is 0 Å². The highest BCUT2D eigenvalue weighted by Gasteiger charge is 2.44. The zero-order valence-electron chi connectivity index (χ0n) is 9.16. The van der Waals surface area contributed by atoms with Crippen molar-refractivity contribution in [3.05, 3.63) is 6.33 Å². The molecule has 1 saturated heterocycles. The molecule has 4 atom stereocenters. The summed E-state index contributed by atoms with van der Waals surface area (Å²) in [4.78, 5) is 3.93. The number of nitrogens with two attached hydrogens (primary N) is 1. The van der Waals surface area contributed by atoms with Crippen molar-refractivity contribution < 1.29 is 20.1 Å². The minimum atomic E-state index is -1.23. The van der Waals surface area contributed by atoms with E-state index in [1.165, 1.54) is 15.5 Å². The van der Waals surface area contributed by atoms with Crippen LogP contribution in [0, 0.1) is 0 Å². The van der Waals surface area contributed by atoms with Crippen LogP contribution in [0.15, 0.2) is 6.33 Å². The molecule has 0 radical (unpaired) electrons. The van der Waals surface area contributed by atoms with Gasteiger partial charge in [-0.1, -0.05) is 0 Å². The molecule has 3 rings (SSSR count).